The maximum absolute atomic E-state index is 11.7. The van der Waals surface area contributed by atoms with Gasteiger partial charge in [-0.15, -0.1) is 0 Å². The molecular formula is C29H45BrO4. The van der Waals surface area contributed by atoms with Crippen molar-refractivity contribution in [2.45, 2.75) is 110 Å². The Morgan fingerprint density at radius 1 is 1.35 bits per heavy atom. The number of ether oxygens (including phenoxy) is 1. The third-order valence-corrected chi connectivity index (χ3v) is 9.28. The average molecular weight is 538 g/mol. The van der Waals surface area contributed by atoms with Crippen LogP contribution in [0, 0.1) is 23.2 Å². The molecule has 4 nitrogen and oxygen atoms in total. The molecule has 0 amide bonds. The van der Waals surface area contributed by atoms with Gasteiger partial charge in [0.25, 0.3) is 0 Å². The minimum Gasteiger partial charge on any atom is -0.461 e. The molecule has 192 valence electrons. The van der Waals surface area contributed by atoms with Crippen LogP contribution in [0.25, 0.3) is 0 Å². The number of carbonyl (C=O) groups excluding carboxylic acids is 1. The number of carbonyl (C=O) groups is 1. The van der Waals surface area contributed by atoms with Gasteiger partial charge in [-0.3, -0.25) is 4.79 Å². The van der Waals surface area contributed by atoms with Crippen LogP contribution in [0.2, 0.25) is 0 Å². The second kappa shape index (κ2) is 11.4. The van der Waals surface area contributed by atoms with Gasteiger partial charge in [0, 0.05) is 12.8 Å². The Balaban J connectivity index is 1.71. The molecule has 0 heterocycles. The Labute approximate surface area is 215 Å². The molecule has 0 bridgehead atoms. The first-order valence-electron chi connectivity index (χ1n) is 13.2. The van der Waals surface area contributed by atoms with Gasteiger partial charge in [-0.1, -0.05) is 66.9 Å². The number of rotatable bonds is 8. The lowest BCUT2D eigenvalue weighted by molar-refractivity contribution is -0.147. The summed E-state index contributed by atoms with van der Waals surface area (Å²) in [4.78, 5) is 11.7. The lowest BCUT2D eigenvalue weighted by Crippen LogP contribution is -2.36. The van der Waals surface area contributed by atoms with Crippen molar-refractivity contribution in [3.05, 3.63) is 35.5 Å². The van der Waals surface area contributed by atoms with Crippen LogP contribution in [0.3, 0.4) is 0 Å². The van der Waals surface area contributed by atoms with E-state index in [9.17, 15) is 15.0 Å². The van der Waals surface area contributed by atoms with Gasteiger partial charge in [0.05, 0.1) is 11.7 Å². The zero-order chi connectivity index (χ0) is 25.1. The molecule has 0 aromatic rings. The van der Waals surface area contributed by atoms with Gasteiger partial charge in [0.15, 0.2) is 0 Å². The fourth-order valence-corrected chi connectivity index (χ4v) is 7.16. The Bertz CT molecular complexity index is 807. The fraction of sp³-hybridized carbons (Fsp3) is 0.759. The molecule has 0 aromatic carbocycles. The van der Waals surface area contributed by atoms with E-state index in [1.54, 1.807) is 0 Å². The summed E-state index contributed by atoms with van der Waals surface area (Å²) in [5.41, 5.74) is 3.06. The summed E-state index contributed by atoms with van der Waals surface area (Å²) >= 11 is 3.14. The van der Waals surface area contributed by atoms with Crippen LogP contribution >= 0.6 is 15.9 Å². The highest BCUT2D eigenvalue weighted by atomic mass is 79.9. The van der Waals surface area contributed by atoms with Crippen molar-refractivity contribution >= 4 is 21.9 Å². The number of halogens is 1. The van der Waals surface area contributed by atoms with Gasteiger partial charge in [0.1, 0.15) is 11.4 Å². The summed E-state index contributed by atoms with van der Waals surface area (Å²) in [5, 5.41) is 20.7. The fourth-order valence-electron chi connectivity index (χ4n) is 7.03. The summed E-state index contributed by atoms with van der Waals surface area (Å²) in [6.07, 6.45) is 13.8. The van der Waals surface area contributed by atoms with E-state index in [1.165, 1.54) is 37.7 Å². The van der Waals surface area contributed by atoms with E-state index in [2.05, 4.69) is 48.5 Å². The van der Waals surface area contributed by atoms with E-state index < -0.39 is 11.7 Å². The molecule has 0 saturated heterocycles. The summed E-state index contributed by atoms with van der Waals surface area (Å²) in [7, 11) is 0. The molecule has 6 atom stereocenters. The van der Waals surface area contributed by atoms with Crippen LogP contribution in [0.15, 0.2) is 35.5 Å². The van der Waals surface area contributed by atoms with E-state index in [0.29, 0.717) is 30.1 Å². The zero-order valence-corrected chi connectivity index (χ0v) is 23.2. The molecule has 1 unspecified atom stereocenters. The molecule has 3 fully saturated rings. The van der Waals surface area contributed by atoms with Gasteiger partial charge in [-0.2, -0.15) is 0 Å². The van der Waals surface area contributed by atoms with Crippen LogP contribution in [0.5, 0.6) is 0 Å². The lowest BCUT2D eigenvalue weighted by atomic mass is 9.60. The smallest absolute Gasteiger partial charge is 0.316 e. The van der Waals surface area contributed by atoms with Gasteiger partial charge < -0.3 is 14.9 Å². The van der Waals surface area contributed by atoms with Crippen molar-refractivity contribution in [1.29, 1.82) is 0 Å². The van der Waals surface area contributed by atoms with Crippen LogP contribution in [-0.4, -0.2) is 39.3 Å². The van der Waals surface area contributed by atoms with E-state index in [1.807, 2.05) is 13.8 Å². The predicted octanol–water partition coefficient (Wildman–Crippen LogP) is 6.65. The first kappa shape index (κ1) is 27.7. The molecular weight excluding hydrogens is 492 g/mol. The minimum atomic E-state index is -0.663. The topological polar surface area (TPSA) is 66.8 Å². The molecule has 3 aliphatic carbocycles. The first-order chi connectivity index (χ1) is 15.9. The second-order valence-corrected chi connectivity index (χ2v) is 12.5. The van der Waals surface area contributed by atoms with Crippen molar-refractivity contribution in [3.8, 4) is 0 Å². The van der Waals surface area contributed by atoms with Crippen LogP contribution in [0.4, 0.5) is 0 Å². The molecule has 0 aromatic heterocycles. The number of allylic oxidation sites excluding steroid dienone is 3. The normalized spacial score (nSPS) is 35.4. The first-order valence-corrected chi connectivity index (χ1v) is 14.3. The van der Waals surface area contributed by atoms with E-state index in [0.717, 1.165) is 36.3 Å². The van der Waals surface area contributed by atoms with Crippen LogP contribution < -0.4 is 0 Å². The third-order valence-electron chi connectivity index (χ3n) is 8.83. The summed E-state index contributed by atoms with van der Waals surface area (Å²) < 4.78 is 5.50. The highest BCUT2D eigenvalue weighted by molar-refractivity contribution is 9.09. The monoisotopic (exact) mass is 536 g/mol. The molecule has 0 aliphatic heterocycles. The highest BCUT2D eigenvalue weighted by Gasteiger charge is 2.50. The molecule has 34 heavy (non-hydrogen) atoms. The molecule has 0 radical (unpaired) electrons. The number of hydrogen-bond donors (Lipinski definition) is 2. The minimum absolute atomic E-state index is 0.168. The molecule has 3 rings (SSSR count). The van der Waals surface area contributed by atoms with Gasteiger partial charge in [-0.05, 0) is 86.7 Å². The Hall–Kier alpha value is -0.910. The molecule has 3 aliphatic rings. The van der Waals surface area contributed by atoms with Gasteiger partial charge in [0.2, 0.25) is 0 Å². The molecule has 3 saturated carbocycles. The zero-order valence-electron chi connectivity index (χ0n) is 21.6. The maximum atomic E-state index is 11.7. The molecule has 0 spiro atoms. The Morgan fingerprint density at radius 3 is 2.76 bits per heavy atom. The average Bonchev–Trinajstić information content (AvgIpc) is 3.11. The second-order valence-electron chi connectivity index (χ2n) is 11.9. The lowest BCUT2D eigenvalue weighted by Gasteiger charge is -2.44. The van der Waals surface area contributed by atoms with E-state index in [4.69, 9.17) is 4.74 Å². The van der Waals surface area contributed by atoms with E-state index >= 15 is 0 Å². The number of esters is 1. The summed E-state index contributed by atoms with van der Waals surface area (Å²) in [6, 6.07) is 0. The SMILES string of the molecule is C=C1C(=CC=C2CCC[C@@]3(C)C2CC[C@@H]3[C@H](C)CCCC(C)(C)O)C[C@@H](OC(=O)CBr)C[C@@H]1O. The van der Waals surface area contributed by atoms with Crippen molar-refractivity contribution in [3.63, 3.8) is 0 Å². The predicted molar refractivity (Wildman–Crippen MR) is 142 cm³/mol. The van der Waals surface area contributed by atoms with Crippen LogP contribution in [-0.2, 0) is 9.53 Å². The Morgan fingerprint density at radius 2 is 2.09 bits per heavy atom. The van der Waals surface area contributed by atoms with Crippen LogP contribution in [0.1, 0.15) is 91.9 Å². The number of aliphatic hydroxyl groups excluding tert-OH is 1. The van der Waals surface area contributed by atoms with E-state index in [-0.39, 0.29) is 17.4 Å². The number of aliphatic hydroxyl groups is 2. The van der Waals surface area contributed by atoms with Crippen molar-refractivity contribution in [2.75, 3.05) is 5.33 Å². The van der Waals surface area contributed by atoms with Crippen molar-refractivity contribution < 1.29 is 19.7 Å². The maximum Gasteiger partial charge on any atom is 0.316 e. The van der Waals surface area contributed by atoms with Gasteiger partial charge >= 0.3 is 5.97 Å². The summed E-state index contributed by atoms with van der Waals surface area (Å²) in [5.74, 6) is 1.73. The third kappa shape index (κ3) is 6.64. The highest BCUT2D eigenvalue weighted by Crippen LogP contribution is 2.60. The number of hydrogen-bond acceptors (Lipinski definition) is 4. The standard InChI is InChI=1S/C29H45BrO4/c1-19(8-6-14-28(3,4)33)24-12-13-25-21(9-7-15-29(24,25)5)10-11-22-16-23(34-27(32)18-30)17-26(31)20(22)2/h10-11,19,23-26,31,33H,2,6-9,12-18H2,1,3-5H3/t19-,23-,24-,25?,26+,29-/m1/s1. The Kier molecular flexibility index (Phi) is 9.30. The van der Waals surface area contributed by atoms with Crippen molar-refractivity contribution in [2.24, 2.45) is 23.2 Å². The van der Waals surface area contributed by atoms with Gasteiger partial charge in [-0.25, -0.2) is 0 Å². The summed E-state index contributed by atoms with van der Waals surface area (Å²) in [6.45, 7) is 12.9. The van der Waals surface area contributed by atoms with Crippen molar-refractivity contribution in [1.82, 2.24) is 0 Å². The molecule has 2 N–H and O–H groups in total. The molecule has 5 heteroatoms. The quantitative estimate of drug-likeness (QED) is 0.269. The largest absolute Gasteiger partial charge is 0.461 e. The number of alkyl halides is 1. The number of fused-ring (bicyclic) bond motifs is 1.